The molecule has 0 radical (unpaired) electrons. The van der Waals surface area contributed by atoms with Gasteiger partial charge in [0, 0.05) is 27.6 Å². The fourth-order valence-electron chi connectivity index (χ4n) is 2.50. The van der Waals surface area contributed by atoms with Gasteiger partial charge in [0.1, 0.15) is 0 Å². The number of fused-ring (bicyclic) bond motifs is 1. The maximum absolute atomic E-state index is 3.71. The average molecular weight is 323 g/mol. The Morgan fingerprint density at radius 2 is 1.95 bits per heavy atom. The number of aromatic nitrogens is 1. The lowest BCUT2D eigenvalue weighted by Crippen LogP contribution is -2.16. The van der Waals surface area contributed by atoms with Crippen molar-refractivity contribution in [2.24, 2.45) is 0 Å². The Kier molecular flexibility index (Phi) is 5.46. The summed E-state index contributed by atoms with van der Waals surface area (Å²) < 4.78 is 3.67. The number of hydrogen-bond acceptors (Lipinski definition) is 1. The summed E-state index contributed by atoms with van der Waals surface area (Å²) in [6, 6.07) is 8.62. The van der Waals surface area contributed by atoms with E-state index in [2.05, 4.69) is 63.9 Å². The van der Waals surface area contributed by atoms with Gasteiger partial charge in [-0.15, -0.1) is 0 Å². The molecule has 1 heterocycles. The first-order chi connectivity index (χ1) is 9.25. The van der Waals surface area contributed by atoms with Crippen LogP contribution in [0.2, 0.25) is 0 Å². The molecule has 0 fully saturated rings. The average Bonchev–Trinajstić information content (AvgIpc) is 2.68. The molecular weight excluding hydrogens is 300 g/mol. The molecule has 2 nitrogen and oxygen atoms in total. The molecule has 0 saturated heterocycles. The summed E-state index contributed by atoms with van der Waals surface area (Å²) in [6.07, 6.45) is 3.68. The summed E-state index contributed by atoms with van der Waals surface area (Å²) >= 11 is 3.71. The number of aryl methyl sites for hydroxylation is 1. The number of hydrogen-bond donors (Lipinski definition) is 1. The summed E-state index contributed by atoms with van der Waals surface area (Å²) in [5.74, 6) is 0. The van der Waals surface area contributed by atoms with Gasteiger partial charge in [0.2, 0.25) is 0 Å². The lowest BCUT2D eigenvalue weighted by atomic mass is 10.2. The first-order valence-electron chi connectivity index (χ1n) is 7.19. The summed E-state index contributed by atoms with van der Waals surface area (Å²) in [5, 5.41) is 4.78. The molecule has 1 aromatic carbocycles. The van der Waals surface area contributed by atoms with Gasteiger partial charge >= 0.3 is 0 Å². The molecule has 0 unspecified atom stereocenters. The molecule has 2 aromatic rings. The van der Waals surface area contributed by atoms with E-state index >= 15 is 0 Å². The smallest absolute Gasteiger partial charge is 0.0494 e. The number of rotatable bonds is 7. The topological polar surface area (TPSA) is 17.0 Å². The highest BCUT2D eigenvalue weighted by Gasteiger charge is 2.10. The van der Waals surface area contributed by atoms with Gasteiger partial charge in [0.05, 0.1) is 0 Å². The molecule has 0 amide bonds. The van der Waals surface area contributed by atoms with Crippen LogP contribution in [-0.4, -0.2) is 17.7 Å². The highest BCUT2D eigenvalue weighted by Crippen LogP contribution is 2.30. The Labute approximate surface area is 124 Å². The monoisotopic (exact) mass is 322 g/mol. The maximum atomic E-state index is 3.71. The van der Waals surface area contributed by atoms with Gasteiger partial charge in [-0.25, -0.2) is 0 Å². The molecule has 0 aliphatic rings. The standard InChI is InChI=1S/C16H23BrN2/c1-3-10-18-11-6-7-12-19-13(2)16(17)14-8-4-5-9-15(14)19/h4-5,8-9,18H,3,6-7,10-12H2,1-2H3. The molecule has 19 heavy (non-hydrogen) atoms. The SMILES string of the molecule is CCCNCCCCn1c(C)c(Br)c2ccccc21. The van der Waals surface area contributed by atoms with Crippen LogP contribution in [0.25, 0.3) is 10.9 Å². The molecule has 0 aliphatic carbocycles. The van der Waals surface area contributed by atoms with Crippen LogP contribution < -0.4 is 5.32 Å². The molecule has 0 aliphatic heterocycles. The first-order valence-corrected chi connectivity index (χ1v) is 7.99. The van der Waals surface area contributed by atoms with Crippen LogP contribution in [0.1, 0.15) is 31.9 Å². The van der Waals surface area contributed by atoms with Crippen LogP contribution in [0.5, 0.6) is 0 Å². The highest BCUT2D eigenvalue weighted by atomic mass is 79.9. The molecule has 1 N–H and O–H groups in total. The second-order valence-electron chi connectivity index (χ2n) is 5.03. The Balaban J connectivity index is 1.99. The van der Waals surface area contributed by atoms with E-state index in [4.69, 9.17) is 0 Å². The minimum atomic E-state index is 1.10. The van der Waals surface area contributed by atoms with Crippen LogP contribution in [0.4, 0.5) is 0 Å². The molecule has 3 heteroatoms. The third-order valence-corrected chi connectivity index (χ3v) is 4.57. The Hall–Kier alpha value is -0.800. The van der Waals surface area contributed by atoms with Gasteiger partial charge in [-0.3, -0.25) is 0 Å². The summed E-state index contributed by atoms with van der Waals surface area (Å²) in [6.45, 7) is 7.77. The molecule has 0 spiro atoms. The van der Waals surface area contributed by atoms with Crippen molar-refractivity contribution >= 4 is 26.8 Å². The van der Waals surface area contributed by atoms with Crippen molar-refractivity contribution in [1.82, 2.24) is 9.88 Å². The lowest BCUT2D eigenvalue weighted by Gasteiger charge is -2.08. The zero-order valence-corrected chi connectivity index (χ0v) is 13.5. The van der Waals surface area contributed by atoms with Crippen molar-refractivity contribution in [2.75, 3.05) is 13.1 Å². The van der Waals surface area contributed by atoms with Crippen molar-refractivity contribution in [2.45, 2.75) is 39.7 Å². The van der Waals surface area contributed by atoms with Crippen molar-refractivity contribution in [1.29, 1.82) is 0 Å². The van der Waals surface area contributed by atoms with Crippen LogP contribution in [0.15, 0.2) is 28.7 Å². The van der Waals surface area contributed by atoms with Gasteiger partial charge < -0.3 is 9.88 Å². The minimum absolute atomic E-state index is 1.10. The molecule has 2 rings (SSSR count). The maximum Gasteiger partial charge on any atom is 0.0494 e. The lowest BCUT2D eigenvalue weighted by molar-refractivity contribution is 0.569. The third-order valence-electron chi connectivity index (χ3n) is 3.57. The van der Waals surface area contributed by atoms with Gasteiger partial charge in [-0.2, -0.15) is 0 Å². The van der Waals surface area contributed by atoms with Crippen molar-refractivity contribution in [3.63, 3.8) is 0 Å². The number of para-hydroxylation sites is 1. The van der Waals surface area contributed by atoms with E-state index in [1.807, 2.05) is 0 Å². The van der Waals surface area contributed by atoms with Crippen molar-refractivity contribution in [3.05, 3.63) is 34.4 Å². The van der Waals surface area contributed by atoms with Gasteiger partial charge in [0.15, 0.2) is 0 Å². The predicted molar refractivity (Wildman–Crippen MR) is 86.8 cm³/mol. The fraction of sp³-hybridized carbons (Fsp3) is 0.500. The first kappa shape index (κ1) is 14.6. The van der Waals surface area contributed by atoms with E-state index in [0.717, 1.165) is 19.6 Å². The second kappa shape index (κ2) is 7.11. The second-order valence-corrected chi connectivity index (χ2v) is 5.82. The van der Waals surface area contributed by atoms with Crippen LogP contribution >= 0.6 is 15.9 Å². The summed E-state index contributed by atoms with van der Waals surface area (Å²) in [7, 11) is 0. The molecule has 0 bridgehead atoms. The highest BCUT2D eigenvalue weighted by molar-refractivity contribution is 9.10. The van der Waals surface area contributed by atoms with E-state index in [1.54, 1.807) is 0 Å². The van der Waals surface area contributed by atoms with E-state index in [1.165, 1.54) is 40.3 Å². The Morgan fingerprint density at radius 1 is 1.16 bits per heavy atom. The number of nitrogens with zero attached hydrogens (tertiary/aromatic N) is 1. The third kappa shape index (κ3) is 3.40. The number of nitrogens with one attached hydrogen (secondary N) is 1. The van der Waals surface area contributed by atoms with Crippen molar-refractivity contribution < 1.29 is 0 Å². The number of unbranched alkanes of at least 4 members (excludes halogenated alkanes) is 1. The van der Waals surface area contributed by atoms with Crippen LogP contribution in [0, 0.1) is 6.92 Å². The normalized spacial score (nSPS) is 11.3. The van der Waals surface area contributed by atoms with E-state index < -0.39 is 0 Å². The minimum Gasteiger partial charge on any atom is -0.344 e. The quantitative estimate of drug-likeness (QED) is 0.743. The molecule has 0 atom stereocenters. The zero-order valence-electron chi connectivity index (χ0n) is 11.9. The Bertz CT molecular complexity index is 531. The van der Waals surface area contributed by atoms with E-state index in [0.29, 0.717) is 0 Å². The summed E-state index contributed by atoms with van der Waals surface area (Å²) in [4.78, 5) is 0. The van der Waals surface area contributed by atoms with Gasteiger partial charge in [0.25, 0.3) is 0 Å². The molecule has 1 aromatic heterocycles. The fourth-order valence-corrected chi connectivity index (χ4v) is 3.05. The zero-order chi connectivity index (χ0) is 13.7. The molecule has 104 valence electrons. The summed E-state index contributed by atoms with van der Waals surface area (Å²) in [5.41, 5.74) is 2.68. The largest absolute Gasteiger partial charge is 0.344 e. The number of benzene rings is 1. The molecular formula is C16H23BrN2. The van der Waals surface area contributed by atoms with Crippen LogP contribution in [-0.2, 0) is 6.54 Å². The van der Waals surface area contributed by atoms with E-state index in [-0.39, 0.29) is 0 Å². The van der Waals surface area contributed by atoms with Gasteiger partial charge in [-0.1, -0.05) is 25.1 Å². The van der Waals surface area contributed by atoms with Crippen LogP contribution in [0.3, 0.4) is 0 Å². The Morgan fingerprint density at radius 3 is 2.74 bits per heavy atom. The van der Waals surface area contributed by atoms with E-state index in [9.17, 15) is 0 Å². The van der Waals surface area contributed by atoms with Gasteiger partial charge in [-0.05, 0) is 61.3 Å². The van der Waals surface area contributed by atoms with Crippen molar-refractivity contribution in [3.8, 4) is 0 Å². The number of halogens is 1. The molecule has 0 saturated carbocycles. The predicted octanol–water partition coefficient (Wildman–Crippen LogP) is 4.49.